The van der Waals surface area contributed by atoms with Gasteiger partial charge in [-0.3, -0.25) is 0 Å². The first-order valence-electron chi connectivity index (χ1n) is 0.707. The van der Waals surface area contributed by atoms with Gasteiger partial charge in [-0.25, -0.2) is 0 Å². The van der Waals surface area contributed by atoms with Gasteiger partial charge in [0.1, 0.15) is 0 Å². The van der Waals surface area contributed by atoms with Gasteiger partial charge < -0.3 is 0 Å². The second-order valence-electron chi connectivity index (χ2n) is 0.250. The Labute approximate surface area is 39.6 Å². The van der Waals surface area contributed by atoms with E-state index in [1.165, 1.54) is 0 Å². The van der Waals surface area contributed by atoms with Crippen molar-refractivity contribution in [3.8, 4) is 0 Å². The molecule has 1 radical (unpaired) electrons. The molecule has 0 saturated carbocycles. The Bertz CT molecular complexity index is 24.3. The Kier molecular flexibility index (Phi) is 24.3. The SMILES string of the molecule is C=C=C.[Ir]. The van der Waals surface area contributed by atoms with E-state index in [1.807, 2.05) is 0 Å². The molecule has 0 unspecified atom stereocenters. The molecule has 0 fully saturated rings. The smallest absolute Gasteiger partial charge is 0 e. The summed E-state index contributed by atoms with van der Waals surface area (Å²) in [5.41, 5.74) is 2.25. The van der Waals surface area contributed by atoms with Crippen molar-refractivity contribution in [3.05, 3.63) is 18.9 Å². The summed E-state index contributed by atoms with van der Waals surface area (Å²) in [6.45, 7) is 6.25. The number of hydrogen-bond donors (Lipinski definition) is 0. The molecule has 0 nitrogen and oxygen atoms in total. The van der Waals surface area contributed by atoms with E-state index in [0.717, 1.165) is 0 Å². The third kappa shape index (κ3) is 103. The van der Waals surface area contributed by atoms with E-state index in [2.05, 4.69) is 18.9 Å². The van der Waals surface area contributed by atoms with E-state index in [0.29, 0.717) is 0 Å². The van der Waals surface area contributed by atoms with Crippen LogP contribution in [0.15, 0.2) is 18.9 Å². The molecular weight excluding hydrogens is 228 g/mol. The van der Waals surface area contributed by atoms with Gasteiger partial charge in [-0.1, -0.05) is 13.2 Å². The van der Waals surface area contributed by atoms with E-state index in [-0.39, 0.29) is 20.1 Å². The van der Waals surface area contributed by atoms with Crippen LogP contribution in [0.4, 0.5) is 0 Å². The van der Waals surface area contributed by atoms with Crippen LogP contribution in [-0.2, 0) is 20.1 Å². The molecule has 0 aliphatic heterocycles. The summed E-state index contributed by atoms with van der Waals surface area (Å²) in [6, 6.07) is 0. The van der Waals surface area contributed by atoms with E-state index in [1.54, 1.807) is 0 Å². The predicted molar refractivity (Wildman–Crippen MR) is 14.8 cm³/mol. The number of hydrogen-bond acceptors (Lipinski definition) is 0. The zero-order chi connectivity index (χ0) is 2.71. The summed E-state index contributed by atoms with van der Waals surface area (Å²) >= 11 is 0. The average molecular weight is 232 g/mol. The van der Waals surface area contributed by atoms with Crippen molar-refractivity contribution in [3.63, 3.8) is 0 Å². The van der Waals surface area contributed by atoms with Crippen LogP contribution in [-0.4, -0.2) is 0 Å². The Hall–Kier alpha value is 0.169. The summed E-state index contributed by atoms with van der Waals surface area (Å²) < 4.78 is 0. The molecule has 0 bridgehead atoms. The van der Waals surface area contributed by atoms with Crippen LogP contribution in [0.2, 0.25) is 0 Å². The van der Waals surface area contributed by atoms with Crippen molar-refractivity contribution >= 4 is 0 Å². The van der Waals surface area contributed by atoms with Gasteiger partial charge in [-0.2, -0.15) is 0 Å². The molecular formula is C3H4Ir. The Morgan fingerprint density at radius 3 is 1.25 bits per heavy atom. The zero-order valence-corrected chi connectivity index (χ0v) is 4.64. The van der Waals surface area contributed by atoms with Crippen molar-refractivity contribution in [1.29, 1.82) is 0 Å². The molecule has 0 aromatic rings. The second kappa shape index (κ2) is 10.9. The molecule has 0 N–H and O–H groups in total. The fraction of sp³-hybridized carbons (Fsp3) is 0. The minimum absolute atomic E-state index is 0. The topological polar surface area (TPSA) is 0 Å². The van der Waals surface area contributed by atoms with Crippen molar-refractivity contribution in [2.45, 2.75) is 0 Å². The molecule has 4 heavy (non-hydrogen) atoms. The normalized spacial score (nSPS) is 2.00. The van der Waals surface area contributed by atoms with Gasteiger partial charge in [-0.05, 0) is 0 Å². The van der Waals surface area contributed by atoms with Crippen LogP contribution in [0.25, 0.3) is 0 Å². The van der Waals surface area contributed by atoms with Crippen molar-refractivity contribution < 1.29 is 20.1 Å². The maximum atomic E-state index is 3.12. The van der Waals surface area contributed by atoms with Gasteiger partial charge in [-0.15, -0.1) is 5.73 Å². The maximum Gasteiger partial charge on any atom is 0 e. The average Bonchev–Trinajstić information content (AvgIpc) is 0.918. The standard InChI is InChI=1S/C3H4.Ir/c1-3-2;/h1-2H2;. The molecule has 0 aromatic heterocycles. The van der Waals surface area contributed by atoms with Crippen LogP contribution >= 0.6 is 0 Å². The summed E-state index contributed by atoms with van der Waals surface area (Å²) in [4.78, 5) is 0. The van der Waals surface area contributed by atoms with Gasteiger partial charge in [0, 0.05) is 20.1 Å². The van der Waals surface area contributed by atoms with Crippen LogP contribution < -0.4 is 0 Å². The van der Waals surface area contributed by atoms with Crippen LogP contribution in [0.5, 0.6) is 0 Å². The quantitative estimate of drug-likeness (QED) is 0.546. The van der Waals surface area contributed by atoms with Crippen molar-refractivity contribution in [2.75, 3.05) is 0 Å². The molecule has 0 saturated heterocycles. The van der Waals surface area contributed by atoms with Crippen LogP contribution in [0, 0.1) is 0 Å². The van der Waals surface area contributed by atoms with E-state index >= 15 is 0 Å². The van der Waals surface area contributed by atoms with Gasteiger partial charge in [0.15, 0.2) is 0 Å². The molecule has 0 aliphatic carbocycles. The molecule has 0 amide bonds. The second-order valence-corrected chi connectivity index (χ2v) is 0.250. The van der Waals surface area contributed by atoms with E-state index in [9.17, 15) is 0 Å². The first-order chi connectivity index (χ1) is 1.41. The van der Waals surface area contributed by atoms with Gasteiger partial charge in [0.05, 0.1) is 0 Å². The molecule has 25 valence electrons. The largest absolute Gasteiger partial charge is 0.137 e. The molecule has 0 atom stereocenters. The van der Waals surface area contributed by atoms with Crippen molar-refractivity contribution in [2.24, 2.45) is 0 Å². The summed E-state index contributed by atoms with van der Waals surface area (Å²) in [5.74, 6) is 0. The van der Waals surface area contributed by atoms with E-state index in [4.69, 9.17) is 0 Å². The molecule has 0 aromatic carbocycles. The van der Waals surface area contributed by atoms with Crippen molar-refractivity contribution in [1.82, 2.24) is 0 Å². The number of rotatable bonds is 0. The fourth-order valence-corrected chi connectivity index (χ4v) is 0. The zero-order valence-electron chi connectivity index (χ0n) is 2.25. The third-order valence-electron chi connectivity index (χ3n) is 0. The Morgan fingerprint density at radius 1 is 1.25 bits per heavy atom. The summed E-state index contributed by atoms with van der Waals surface area (Å²) in [5, 5.41) is 0. The minimum atomic E-state index is 0. The van der Waals surface area contributed by atoms with Gasteiger partial charge >= 0.3 is 0 Å². The van der Waals surface area contributed by atoms with Gasteiger partial charge in [0.25, 0.3) is 0 Å². The first-order valence-corrected chi connectivity index (χ1v) is 0.707. The summed E-state index contributed by atoms with van der Waals surface area (Å²) in [7, 11) is 0. The third-order valence-corrected chi connectivity index (χ3v) is 0. The van der Waals surface area contributed by atoms with Crippen LogP contribution in [0.3, 0.4) is 0 Å². The van der Waals surface area contributed by atoms with Crippen LogP contribution in [0.1, 0.15) is 0 Å². The summed E-state index contributed by atoms with van der Waals surface area (Å²) in [6.07, 6.45) is 0. The molecule has 0 spiro atoms. The predicted octanol–water partition coefficient (Wildman–Crippen LogP) is 0.955. The Morgan fingerprint density at radius 2 is 1.25 bits per heavy atom. The van der Waals surface area contributed by atoms with Gasteiger partial charge in [0.2, 0.25) is 0 Å². The molecule has 0 rings (SSSR count). The molecule has 1 heteroatoms. The Balaban J connectivity index is 0. The molecule has 0 heterocycles. The van der Waals surface area contributed by atoms with E-state index < -0.39 is 0 Å². The fourth-order valence-electron chi connectivity index (χ4n) is 0. The maximum absolute atomic E-state index is 3.12. The minimum Gasteiger partial charge on any atom is -0.137 e. The molecule has 0 aliphatic rings. The monoisotopic (exact) mass is 233 g/mol. The first kappa shape index (κ1) is 8.90.